The Bertz CT molecular complexity index is 485. The molecule has 0 aliphatic rings. The van der Waals surface area contributed by atoms with Gasteiger partial charge >= 0.3 is 0 Å². The van der Waals surface area contributed by atoms with E-state index in [2.05, 4.69) is 52.3 Å². The van der Waals surface area contributed by atoms with Gasteiger partial charge in [0.15, 0.2) is 0 Å². The van der Waals surface area contributed by atoms with Gasteiger partial charge in [0.1, 0.15) is 12.2 Å². The third-order valence-corrected chi connectivity index (χ3v) is 3.11. The highest BCUT2D eigenvalue weighted by Crippen LogP contribution is 2.10. The molecule has 0 fully saturated rings. The van der Waals surface area contributed by atoms with Crippen LogP contribution < -0.4 is 5.32 Å². The van der Waals surface area contributed by atoms with Gasteiger partial charge in [0, 0.05) is 32.0 Å². The molecular weight excluding hydrogens is 226 g/mol. The molecule has 5 heteroatoms. The number of nitrogens with one attached hydrogen (secondary N) is 1. The molecule has 1 atom stereocenters. The highest BCUT2D eigenvalue weighted by atomic mass is 15.3. The first-order valence-electron chi connectivity index (χ1n) is 6.43. The van der Waals surface area contributed by atoms with Crippen molar-refractivity contribution in [1.29, 1.82) is 0 Å². The maximum Gasteiger partial charge on any atom is 0.149 e. The van der Waals surface area contributed by atoms with Crippen molar-refractivity contribution in [3.63, 3.8) is 0 Å². The Labute approximate surface area is 108 Å². The van der Waals surface area contributed by atoms with Gasteiger partial charge in [0.2, 0.25) is 0 Å². The second-order valence-electron chi connectivity index (χ2n) is 4.60. The zero-order valence-corrected chi connectivity index (χ0v) is 11.3. The average molecular weight is 247 g/mol. The van der Waals surface area contributed by atoms with Crippen molar-refractivity contribution in [2.75, 3.05) is 0 Å². The Morgan fingerprint density at radius 1 is 1.44 bits per heavy atom. The van der Waals surface area contributed by atoms with Crippen molar-refractivity contribution in [2.24, 2.45) is 7.05 Å². The molecule has 2 rings (SSSR count). The van der Waals surface area contributed by atoms with Crippen molar-refractivity contribution >= 4 is 0 Å². The molecule has 0 aliphatic carbocycles. The fourth-order valence-electron chi connectivity index (χ4n) is 2.10. The predicted octanol–water partition coefficient (Wildman–Crippen LogP) is 1.88. The summed E-state index contributed by atoms with van der Waals surface area (Å²) in [5.41, 5.74) is 1.31. The summed E-state index contributed by atoms with van der Waals surface area (Å²) in [6, 6.07) is 4.45. The van der Waals surface area contributed by atoms with E-state index < -0.39 is 0 Å². The number of hydrogen-bond acceptors (Lipinski definition) is 3. The Morgan fingerprint density at radius 3 is 2.94 bits per heavy atom. The molecule has 1 N–H and O–H groups in total. The van der Waals surface area contributed by atoms with Gasteiger partial charge < -0.3 is 14.5 Å². The summed E-state index contributed by atoms with van der Waals surface area (Å²) in [6.07, 6.45) is 5.02. The quantitative estimate of drug-likeness (QED) is 0.848. The first kappa shape index (κ1) is 12.8. The molecule has 0 amide bonds. The molecule has 0 saturated carbocycles. The highest BCUT2D eigenvalue weighted by molar-refractivity contribution is 5.07. The van der Waals surface area contributed by atoms with Crippen molar-refractivity contribution in [3.05, 3.63) is 36.2 Å². The van der Waals surface area contributed by atoms with E-state index in [1.54, 1.807) is 6.33 Å². The maximum atomic E-state index is 4.12. The summed E-state index contributed by atoms with van der Waals surface area (Å²) in [5.74, 6) is 0.962. The predicted molar refractivity (Wildman–Crippen MR) is 71.0 cm³/mol. The van der Waals surface area contributed by atoms with Gasteiger partial charge in [-0.05, 0) is 25.5 Å². The van der Waals surface area contributed by atoms with E-state index in [0.29, 0.717) is 0 Å². The molecule has 0 aromatic carbocycles. The Kier molecular flexibility index (Phi) is 4.15. The molecule has 0 radical (unpaired) electrons. The van der Waals surface area contributed by atoms with Crippen molar-refractivity contribution in [2.45, 2.75) is 39.4 Å². The molecule has 18 heavy (non-hydrogen) atoms. The van der Waals surface area contributed by atoms with Gasteiger partial charge in [-0.2, -0.15) is 0 Å². The second-order valence-corrected chi connectivity index (χ2v) is 4.60. The third-order valence-electron chi connectivity index (χ3n) is 3.11. The molecule has 98 valence electrons. The van der Waals surface area contributed by atoms with E-state index in [1.165, 1.54) is 5.69 Å². The smallest absolute Gasteiger partial charge is 0.149 e. The average Bonchev–Trinajstić information content (AvgIpc) is 2.96. The van der Waals surface area contributed by atoms with Crippen molar-refractivity contribution in [3.8, 4) is 0 Å². The van der Waals surface area contributed by atoms with Crippen LogP contribution in [0.2, 0.25) is 0 Å². The summed E-state index contributed by atoms with van der Waals surface area (Å²) in [4.78, 5) is 0. The van der Waals surface area contributed by atoms with Crippen LogP contribution in [0, 0.1) is 0 Å². The van der Waals surface area contributed by atoms with Gasteiger partial charge in [-0.1, -0.05) is 6.92 Å². The van der Waals surface area contributed by atoms with Gasteiger partial charge in [0.25, 0.3) is 0 Å². The lowest BCUT2D eigenvalue weighted by molar-refractivity contribution is 0.509. The summed E-state index contributed by atoms with van der Waals surface area (Å²) >= 11 is 0. The zero-order chi connectivity index (χ0) is 13.0. The first-order chi connectivity index (χ1) is 8.72. The summed E-state index contributed by atoms with van der Waals surface area (Å²) < 4.78 is 4.24. The maximum absolute atomic E-state index is 4.12. The van der Waals surface area contributed by atoms with Crippen LogP contribution >= 0.6 is 0 Å². The normalized spacial score (nSPS) is 12.8. The van der Waals surface area contributed by atoms with E-state index in [1.807, 2.05) is 11.6 Å². The SMILES string of the molecule is CCCn1cccc1CNC(C)c1nncn1C. The number of nitrogens with zero attached hydrogens (tertiary/aromatic N) is 4. The first-order valence-corrected chi connectivity index (χ1v) is 6.43. The number of hydrogen-bond donors (Lipinski definition) is 1. The van der Waals surface area contributed by atoms with E-state index in [0.717, 1.165) is 25.3 Å². The Balaban J connectivity index is 1.95. The molecule has 0 saturated heterocycles. The van der Waals surface area contributed by atoms with E-state index in [9.17, 15) is 0 Å². The van der Waals surface area contributed by atoms with Crippen molar-refractivity contribution < 1.29 is 0 Å². The summed E-state index contributed by atoms with van der Waals surface area (Å²) in [6.45, 7) is 6.22. The molecule has 0 aliphatic heterocycles. The largest absolute Gasteiger partial charge is 0.350 e. The number of rotatable bonds is 6. The van der Waals surface area contributed by atoms with Gasteiger partial charge in [-0.15, -0.1) is 10.2 Å². The number of aromatic nitrogens is 4. The minimum atomic E-state index is 0.197. The Morgan fingerprint density at radius 2 is 2.28 bits per heavy atom. The van der Waals surface area contributed by atoms with Crippen LogP contribution in [-0.4, -0.2) is 19.3 Å². The van der Waals surface area contributed by atoms with Crippen molar-refractivity contribution in [1.82, 2.24) is 24.6 Å². The second kappa shape index (κ2) is 5.82. The summed E-state index contributed by atoms with van der Waals surface area (Å²) in [7, 11) is 1.97. The van der Waals surface area contributed by atoms with Crippen LogP contribution in [0.15, 0.2) is 24.7 Å². The lowest BCUT2D eigenvalue weighted by Crippen LogP contribution is -2.22. The standard InChI is InChI=1S/C13H21N5/c1-4-7-18-8-5-6-12(18)9-14-11(2)13-16-15-10-17(13)3/h5-6,8,10-11,14H,4,7,9H2,1-3H3. The van der Waals surface area contributed by atoms with Crippen LogP contribution in [0.4, 0.5) is 0 Å². The fourth-order valence-corrected chi connectivity index (χ4v) is 2.10. The van der Waals surface area contributed by atoms with Crippen LogP contribution in [-0.2, 0) is 20.1 Å². The topological polar surface area (TPSA) is 47.7 Å². The van der Waals surface area contributed by atoms with E-state index in [4.69, 9.17) is 0 Å². The van der Waals surface area contributed by atoms with E-state index >= 15 is 0 Å². The molecule has 2 aromatic rings. The van der Waals surface area contributed by atoms with Gasteiger partial charge in [-0.3, -0.25) is 0 Å². The Hall–Kier alpha value is -1.62. The monoisotopic (exact) mass is 247 g/mol. The van der Waals surface area contributed by atoms with Gasteiger partial charge in [-0.25, -0.2) is 0 Å². The van der Waals surface area contributed by atoms with Crippen LogP contribution in [0.3, 0.4) is 0 Å². The van der Waals surface area contributed by atoms with E-state index in [-0.39, 0.29) is 6.04 Å². The van der Waals surface area contributed by atoms with Crippen LogP contribution in [0.1, 0.15) is 37.8 Å². The van der Waals surface area contributed by atoms with Crippen LogP contribution in [0.5, 0.6) is 0 Å². The van der Waals surface area contributed by atoms with Crippen LogP contribution in [0.25, 0.3) is 0 Å². The summed E-state index contributed by atoms with van der Waals surface area (Å²) in [5, 5.41) is 11.5. The molecule has 1 unspecified atom stereocenters. The lowest BCUT2D eigenvalue weighted by atomic mass is 10.3. The number of aryl methyl sites for hydroxylation is 2. The molecule has 2 aromatic heterocycles. The third kappa shape index (κ3) is 2.79. The highest BCUT2D eigenvalue weighted by Gasteiger charge is 2.11. The molecular formula is C13H21N5. The van der Waals surface area contributed by atoms with Gasteiger partial charge in [0.05, 0.1) is 6.04 Å². The molecule has 0 spiro atoms. The fraction of sp³-hybridized carbons (Fsp3) is 0.538. The molecule has 2 heterocycles. The minimum absolute atomic E-state index is 0.197. The lowest BCUT2D eigenvalue weighted by Gasteiger charge is -2.14. The zero-order valence-electron chi connectivity index (χ0n) is 11.3. The minimum Gasteiger partial charge on any atom is -0.350 e. The molecule has 5 nitrogen and oxygen atoms in total. The molecule has 0 bridgehead atoms.